The number of benzene rings is 2. The van der Waals surface area contributed by atoms with Gasteiger partial charge >= 0.3 is 0 Å². The van der Waals surface area contributed by atoms with Crippen molar-refractivity contribution in [3.63, 3.8) is 0 Å². The van der Waals surface area contributed by atoms with Crippen LogP contribution in [0.4, 0.5) is 0 Å². The predicted octanol–water partition coefficient (Wildman–Crippen LogP) is 3.01. The van der Waals surface area contributed by atoms with Gasteiger partial charge in [-0.2, -0.15) is 9.29 Å². The molecule has 10 heteroatoms. The van der Waals surface area contributed by atoms with Crippen molar-refractivity contribution in [2.75, 3.05) is 33.3 Å². The lowest BCUT2D eigenvalue weighted by Crippen LogP contribution is -2.48. The van der Waals surface area contributed by atoms with Crippen LogP contribution in [-0.4, -0.2) is 61.1 Å². The number of halogens is 1. The van der Waals surface area contributed by atoms with Crippen LogP contribution in [0.5, 0.6) is 5.75 Å². The van der Waals surface area contributed by atoms with Crippen LogP contribution in [0.2, 0.25) is 0 Å². The van der Waals surface area contributed by atoms with Crippen molar-refractivity contribution in [2.45, 2.75) is 11.4 Å². The Balaban J connectivity index is 1.36. The van der Waals surface area contributed by atoms with E-state index >= 15 is 0 Å². The van der Waals surface area contributed by atoms with Crippen molar-refractivity contribution in [1.29, 1.82) is 0 Å². The molecule has 3 aromatic rings. The molecule has 4 rings (SSSR count). The van der Waals surface area contributed by atoms with Gasteiger partial charge in [0.2, 0.25) is 21.7 Å². The van der Waals surface area contributed by atoms with E-state index in [0.717, 1.165) is 15.8 Å². The van der Waals surface area contributed by atoms with Crippen molar-refractivity contribution in [2.24, 2.45) is 0 Å². The molecule has 0 aliphatic carbocycles. The van der Waals surface area contributed by atoms with E-state index in [9.17, 15) is 8.42 Å². The molecular weight excluding hydrogens is 472 g/mol. The lowest BCUT2D eigenvalue weighted by Gasteiger charge is -2.33. The van der Waals surface area contributed by atoms with Gasteiger partial charge in [-0.05, 0) is 48.5 Å². The molecule has 1 aliphatic rings. The first-order chi connectivity index (χ1) is 14.5. The van der Waals surface area contributed by atoms with Gasteiger partial charge in [0.25, 0.3) is 0 Å². The van der Waals surface area contributed by atoms with Gasteiger partial charge in [-0.3, -0.25) is 4.90 Å². The van der Waals surface area contributed by atoms with Crippen LogP contribution >= 0.6 is 15.9 Å². The SMILES string of the molecule is COc1ccc(-c2noc(CN3CCN(S(=O)(=O)c4ccc(Br)cc4)CC3)n2)cc1. The van der Waals surface area contributed by atoms with Crippen LogP contribution in [0, 0.1) is 0 Å². The molecule has 1 saturated heterocycles. The van der Waals surface area contributed by atoms with E-state index in [1.54, 1.807) is 31.4 Å². The van der Waals surface area contributed by atoms with E-state index in [0.29, 0.717) is 49.3 Å². The van der Waals surface area contributed by atoms with Crippen molar-refractivity contribution in [3.8, 4) is 17.1 Å². The molecule has 0 bridgehead atoms. The quantitative estimate of drug-likeness (QED) is 0.522. The zero-order valence-corrected chi connectivity index (χ0v) is 18.8. The van der Waals surface area contributed by atoms with Gasteiger partial charge in [-0.1, -0.05) is 21.1 Å². The fourth-order valence-corrected chi connectivity index (χ4v) is 4.94. The fraction of sp³-hybridized carbons (Fsp3) is 0.300. The average molecular weight is 493 g/mol. The number of aromatic nitrogens is 2. The number of ether oxygens (including phenoxy) is 1. The fourth-order valence-electron chi connectivity index (χ4n) is 3.25. The number of piperazine rings is 1. The smallest absolute Gasteiger partial charge is 0.243 e. The van der Waals surface area contributed by atoms with Crippen molar-refractivity contribution in [3.05, 3.63) is 58.9 Å². The third kappa shape index (κ3) is 4.56. The lowest BCUT2D eigenvalue weighted by molar-refractivity contribution is 0.163. The maximum atomic E-state index is 12.8. The van der Waals surface area contributed by atoms with Crippen LogP contribution in [-0.2, 0) is 16.6 Å². The summed E-state index contributed by atoms with van der Waals surface area (Å²) in [5, 5.41) is 4.04. The molecule has 1 aromatic heterocycles. The summed E-state index contributed by atoms with van der Waals surface area (Å²) < 4.78 is 38.5. The second kappa shape index (κ2) is 8.84. The lowest BCUT2D eigenvalue weighted by atomic mass is 10.2. The van der Waals surface area contributed by atoms with Gasteiger partial charge in [0, 0.05) is 36.2 Å². The van der Waals surface area contributed by atoms with E-state index in [4.69, 9.17) is 9.26 Å². The molecule has 0 unspecified atom stereocenters. The minimum Gasteiger partial charge on any atom is -0.497 e. The zero-order chi connectivity index (χ0) is 21.1. The Hall–Kier alpha value is -2.27. The summed E-state index contributed by atoms with van der Waals surface area (Å²) in [6.45, 7) is 2.50. The van der Waals surface area contributed by atoms with E-state index < -0.39 is 10.0 Å². The van der Waals surface area contributed by atoms with Crippen LogP contribution in [0.15, 0.2) is 62.4 Å². The first-order valence-corrected chi connectivity index (χ1v) is 11.6. The molecule has 1 aliphatic heterocycles. The van der Waals surface area contributed by atoms with Gasteiger partial charge in [0.15, 0.2) is 0 Å². The number of nitrogens with zero attached hydrogens (tertiary/aromatic N) is 4. The maximum absolute atomic E-state index is 12.8. The molecule has 1 fully saturated rings. The van der Waals surface area contributed by atoms with Gasteiger partial charge in [0.1, 0.15) is 5.75 Å². The molecule has 0 radical (unpaired) electrons. The summed E-state index contributed by atoms with van der Waals surface area (Å²) in [6.07, 6.45) is 0. The number of rotatable bonds is 6. The number of methoxy groups -OCH3 is 1. The minimum absolute atomic E-state index is 0.306. The summed E-state index contributed by atoms with van der Waals surface area (Å²) in [6, 6.07) is 14.1. The van der Waals surface area contributed by atoms with Crippen molar-refractivity contribution < 1.29 is 17.7 Å². The molecule has 158 valence electrons. The Morgan fingerprint density at radius 3 is 2.33 bits per heavy atom. The predicted molar refractivity (Wildman–Crippen MR) is 114 cm³/mol. The summed E-state index contributed by atoms with van der Waals surface area (Å²) in [5.41, 5.74) is 0.844. The molecular formula is C20H21BrN4O4S. The highest BCUT2D eigenvalue weighted by atomic mass is 79.9. The minimum atomic E-state index is -3.49. The molecule has 2 aromatic carbocycles. The first kappa shape index (κ1) is 21.0. The molecule has 8 nitrogen and oxygen atoms in total. The number of sulfonamides is 1. The zero-order valence-electron chi connectivity index (χ0n) is 16.4. The first-order valence-electron chi connectivity index (χ1n) is 9.41. The van der Waals surface area contributed by atoms with Crippen LogP contribution in [0.1, 0.15) is 5.89 Å². The molecule has 30 heavy (non-hydrogen) atoms. The van der Waals surface area contributed by atoms with Gasteiger partial charge in [-0.25, -0.2) is 8.42 Å². The van der Waals surface area contributed by atoms with Crippen LogP contribution < -0.4 is 4.74 Å². The second-order valence-corrected chi connectivity index (χ2v) is 9.73. The molecule has 0 atom stereocenters. The normalized spacial score (nSPS) is 15.9. The highest BCUT2D eigenvalue weighted by molar-refractivity contribution is 9.10. The highest BCUT2D eigenvalue weighted by Crippen LogP contribution is 2.22. The Morgan fingerprint density at radius 1 is 1.03 bits per heavy atom. The Bertz CT molecular complexity index is 1090. The van der Waals surface area contributed by atoms with Gasteiger partial charge in [-0.15, -0.1) is 0 Å². The second-order valence-electron chi connectivity index (χ2n) is 6.87. The summed E-state index contributed by atoms with van der Waals surface area (Å²) >= 11 is 3.33. The Morgan fingerprint density at radius 2 is 1.70 bits per heavy atom. The summed E-state index contributed by atoms with van der Waals surface area (Å²) in [4.78, 5) is 6.87. The van der Waals surface area contributed by atoms with Crippen LogP contribution in [0.3, 0.4) is 0 Å². The third-order valence-corrected chi connectivity index (χ3v) is 7.40. The summed E-state index contributed by atoms with van der Waals surface area (Å²) in [7, 11) is -1.87. The molecule has 0 spiro atoms. The van der Waals surface area contributed by atoms with Crippen molar-refractivity contribution in [1.82, 2.24) is 19.3 Å². The average Bonchev–Trinajstić information content (AvgIpc) is 3.23. The molecule has 0 N–H and O–H groups in total. The molecule has 0 amide bonds. The maximum Gasteiger partial charge on any atom is 0.243 e. The molecule has 2 heterocycles. The van der Waals surface area contributed by atoms with Gasteiger partial charge in [0.05, 0.1) is 18.6 Å². The third-order valence-electron chi connectivity index (χ3n) is 4.96. The van der Waals surface area contributed by atoms with Crippen molar-refractivity contribution >= 4 is 26.0 Å². The monoisotopic (exact) mass is 492 g/mol. The van der Waals surface area contributed by atoms with E-state index in [1.165, 1.54) is 4.31 Å². The molecule has 0 saturated carbocycles. The van der Waals surface area contributed by atoms with E-state index in [1.807, 2.05) is 24.3 Å². The topological polar surface area (TPSA) is 88.8 Å². The number of hydrogen-bond donors (Lipinski definition) is 0. The number of hydrogen-bond acceptors (Lipinski definition) is 7. The summed E-state index contributed by atoms with van der Waals surface area (Å²) in [5.74, 6) is 1.78. The highest BCUT2D eigenvalue weighted by Gasteiger charge is 2.29. The van der Waals surface area contributed by atoms with E-state index in [2.05, 4.69) is 31.0 Å². The standard InChI is InChI=1S/C20H21BrN4O4S/c1-28-17-6-2-15(3-7-17)20-22-19(29-23-20)14-24-10-12-25(13-11-24)30(26,27)18-8-4-16(21)5-9-18/h2-9H,10-14H2,1H3. The van der Waals surface area contributed by atoms with Crippen LogP contribution in [0.25, 0.3) is 11.4 Å². The Labute approximate surface area is 183 Å². The largest absolute Gasteiger partial charge is 0.497 e. The van der Waals surface area contributed by atoms with E-state index in [-0.39, 0.29) is 0 Å². The Kier molecular flexibility index (Phi) is 6.19. The van der Waals surface area contributed by atoms with Gasteiger partial charge < -0.3 is 9.26 Å².